The molecule has 0 unspecified atom stereocenters. The Balaban J connectivity index is 1.43. The van der Waals surface area contributed by atoms with Crippen LogP contribution in [0.5, 0.6) is 0 Å². The van der Waals surface area contributed by atoms with Crippen LogP contribution in [0, 0.1) is 11.6 Å². The maximum Gasteiger partial charge on any atom is 0.335 e. The Hall–Kier alpha value is -5.63. The Bertz CT molecular complexity index is 2030. The number of rotatable bonds is 7. The molecule has 4 aromatic carbocycles. The van der Waals surface area contributed by atoms with E-state index in [0.29, 0.717) is 16.6 Å². The predicted molar refractivity (Wildman–Crippen MR) is 155 cm³/mol. The Morgan fingerprint density at radius 3 is 2.21 bits per heavy atom. The zero-order valence-corrected chi connectivity index (χ0v) is 22.0. The van der Waals surface area contributed by atoms with Gasteiger partial charge in [0, 0.05) is 23.2 Å². The first-order valence-corrected chi connectivity index (χ1v) is 13.0. The largest absolute Gasteiger partial charge is 0.478 e. The van der Waals surface area contributed by atoms with Crippen LogP contribution >= 0.6 is 0 Å². The quantitative estimate of drug-likeness (QED) is 0.208. The summed E-state index contributed by atoms with van der Waals surface area (Å²) in [6, 6.07) is 28.4. The third-order valence-electron chi connectivity index (χ3n) is 7.12. The van der Waals surface area contributed by atoms with Crippen LogP contribution < -0.4 is 5.32 Å². The zero-order chi connectivity index (χ0) is 29.4. The number of nitrogens with zero attached hydrogens (tertiary/aromatic N) is 1. The van der Waals surface area contributed by atoms with Crippen LogP contribution in [-0.4, -0.2) is 27.2 Å². The van der Waals surface area contributed by atoms with Crippen LogP contribution in [0.1, 0.15) is 42.5 Å². The molecule has 6 rings (SSSR count). The van der Waals surface area contributed by atoms with E-state index < -0.39 is 23.5 Å². The van der Waals surface area contributed by atoms with Gasteiger partial charge in [-0.25, -0.2) is 13.6 Å². The van der Waals surface area contributed by atoms with Crippen LogP contribution in [0.4, 0.5) is 8.78 Å². The minimum Gasteiger partial charge on any atom is -0.478 e. The molecule has 42 heavy (non-hydrogen) atoms. The molecule has 1 amide bonds. The number of aromatic carboxylic acids is 1. The van der Waals surface area contributed by atoms with Gasteiger partial charge in [-0.2, -0.15) is 0 Å². The summed E-state index contributed by atoms with van der Waals surface area (Å²) in [4.78, 5) is 38.5. The first-order valence-electron chi connectivity index (χ1n) is 13.0. The van der Waals surface area contributed by atoms with Gasteiger partial charge in [-0.05, 0) is 82.6 Å². The third kappa shape index (κ3) is 5.01. The van der Waals surface area contributed by atoms with Gasteiger partial charge in [0.25, 0.3) is 5.91 Å². The molecular weight excluding hydrogens is 538 g/mol. The number of aromatic nitrogens is 1. The SMILES string of the molecule is O=C(O)c1ccc(CNC(=O)c2cc(-c3cc(F)ccc3F)cc3ccc(C(=O)c4ccc5ccccc5c4)n23)cc1. The number of nitrogens with one attached hydrogen (secondary N) is 1. The number of pyridine rings is 1. The van der Waals surface area contributed by atoms with Crippen molar-refractivity contribution in [3.8, 4) is 11.1 Å². The fourth-order valence-electron chi connectivity index (χ4n) is 4.98. The summed E-state index contributed by atoms with van der Waals surface area (Å²) >= 11 is 0. The Labute approximate surface area is 238 Å². The van der Waals surface area contributed by atoms with Crippen molar-refractivity contribution in [2.75, 3.05) is 0 Å². The molecule has 6 nitrogen and oxygen atoms in total. The van der Waals surface area contributed by atoms with Gasteiger partial charge in [0.1, 0.15) is 17.3 Å². The molecule has 0 fully saturated rings. The number of hydrogen-bond acceptors (Lipinski definition) is 3. The summed E-state index contributed by atoms with van der Waals surface area (Å²) in [7, 11) is 0. The van der Waals surface area contributed by atoms with E-state index in [9.17, 15) is 23.2 Å². The smallest absolute Gasteiger partial charge is 0.335 e. The predicted octanol–water partition coefficient (Wildman–Crippen LogP) is 6.90. The van der Waals surface area contributed by atoms with Crippen molar-refractivity contribution in [2.24, 2.45) is 0 Å². The monoisotopic (exact) mass is 560 g/mol. The lowest BCUT2D eigenvalue weighted by Crippen LogP contribution is -2.26. The summed E-state index contributed by atoms with van der Waals surface area (Å²) in [6.45, 7) is 0.0635. The van der Waals surface area contributed by atoms with Crippen LogP contribution in [0.25, 0.3) is 27.4 Å². The van der Waals surface area contributed by atoms with E-state index in [1.807, 2.05) is 30.3 Å². The van der Waals surface area contributed by atoms with Gasteiger partial charge in [-0.1, -0.05) is 48.5 Å². The number of ketones is 1. The van der Waals surface area contributed by atoms with Crippen molar-refractivity contribution in [3.05, 3.63) is 149 Å². The van der Waals surface area contributed by atoms with Crippen molar-refractivity contribution < 1.29 is 28.3 Å². The first-order chi connectivity index (χ1) is 20.3. The van der Waals surface area contributed by atoms with Gasteiger partial charge in [0.05, 0.1) is 11.3 Å². The Morgan fingerprint density at radius 2 is 1.45 bits per heavy atom. The maximum absolute atomic E-state index is 14.8. The van der Waals surface area contributed by atoms with E-state index in [4.69, 9.17) is 5.11 Å². The van der Waals surface area contributed by atoms with E-state index in [-0.39, 0.29) is 40.4 Å². The summed E-state index contributed by atoms with van der Waals surface area (Å²) in [5.74, 6) is -3.24. The average molecular weight is 561 g/mol. The van der Waals surface area contributed by atoms with Crippen LogP contribution in [0.3, 0.4) is 0 Å². The highest BCUT2D eigenvalue weighted by Gasteiger charge is 2.21. The molecule has 0 bridgehead atoms. The van der Waals surface area contributed by atoms with Crippen molar-refractivity contribution >= 4 is 33.9 Å². The molecular formula is C34H22F2N2O4. The molecule has 0 atom stereocenters. The number of fused-ring (bicyclic) bond motifs is 2. The topological polar surface area (TPSA) is 87.9 Å². The summed E-state index contributed by atoms with van der Waals surface area (Å²) in [5.41, 5.74) is 2.13. The molecule has 0 radical (unpaired) electrons. The van der Waals surface area contributed by atoms with E-state index in [0.717, 1.165) is 29.0 Å². The number of carboxylic acids is 1. The fraction of sp³-hybridized carbons (Fsp3) is 0.0294. The number of carboxylic acid groups (broad SMARTS) is 1. The second-order valence-corrected chi connectivity index (χ2v) is 9.81. The van der Waals surface area contributed by atoms with Gasteiger partial charge in [0.15, 0.2) is 0 Å². The van der Waals surface area contributed by atoms with Gasteiger partial charge in [0.2, 0.25) is 5.78 Å². The van der Waals surface area contributed by atoms with E-state index in [1.165, 1.54) is 22.6 Å². The number of amides is 1. The fourth-order valence-corrected chi connectivity index (χ4v) is 4.98. The molecule has 0 aliphatic heterocycles. The molecule has 2 N–H and O–H groups in total. The summed E-state index contributed by atoms with van der Waals surface area (Å²) in [5, 5.41) is 13.8. The van der Waals surface area contributed by atoms with Gasteiger partial charge >= 0.3 is 5.97 Å². The average Bonchev–Trinajstić information content (AvgIpc) is 3.44. The second-order valence-electron chi connectivity index (χ2n) is 9.81. The molecule has 0 aliphatic rings. The summed E-state index contributed by atoms with van der Waals surface area (Å²) < 4.78 is 30.3. The van der Waals surface area contributed by atoms with Crippen LogP contribution in [-0.2, 0) is 6.54 Å². The van der Waals surface area contributed by atoms with E-state index >= 15 is 0 Å². The zero-order valence-electron chi connectivity index (χ0n) is 22.0. The van der Waals surface area contributed by atoms with Crippen molar-refractivity contribution in [1.29, 1.82) is 0 Å². The minimum atomic E-state index is -1.06. The lowest BCUT2D eigenvalue weighted by atomic mass is 10.0. The van der Waals surface area contributed by atoms with Crippen molar-refractivity contribution in [3.63, 3.8) is 0 Å². The molecule has 0 saturated carbocycles. The number of halogens is 2. The highest BCUT2D eigenvalue weighted by Crippen LogP contribution is 2.29. The van der Waals surface area contributed by atoms with Crippen molar-refractivity contribution in [2.45, 2.75) is 6.54 Å². The highest BCUT2D eigenvalue weighted by molar-refractivity contribution is 6.11. The van der Waals surface area contributed by atoms with Crippen molar-refractivity contribution in [1.82, 2.24) is 9.72 Å². The molecule has 6 aromatic rings. The number of carbonyl (C=O) groups is 3. The number of hydrogen-bond donors (Lipinski definition) is 2. The third-order valence-corrected chi connectivity index (χ3v) is 7.12. The van der Waals surface area contributed by atoms with Crippen LogP contribution in [0.15, 0.2) is 109 Å². The Kier molecular flexibility index (Phi) is 6.80. The van der Waals surface area contributed by atoms with Gasteiger partial charge in [-0.15, -0.1) is 0 Å². The number of carbonyl (C=O) groups excluding carboxylic acids is 2. The second kappa shape index (κ2) is 10.7. The molecule has 0 saturated heterocycles. The maximum atomic E-state index is 14.8. The Morgan fingerprint density at radius 1 is 0.714 bits per heavy atom. The molecule has 0 aliphatic carbocycles. The lowest BCUT2D eigenvalue weighted by Gasteiger charge is -2.14. The highest BCUT2D eigenvalue weighted by atomic mass is 19.1. The lowest BCUT2D eigenvalue weighted by molar-refractivity contribution is 0.0696. The molecule has 206 valence electrons. The van der Waals surface area contributed by atoms with E-state index in [1.54, 1.807) is 42.5 Å². The van der Waals surface area contributed by atoms with Crippen LogP contribution in [0.2, 0.25) is 0 Å². The molecule has 8 heteroatoms. The molecule has 2 heterocycles. The normalized spacial score (nSPS) is 11.1. The first kappa shape index (κ1) is 26.6. The standard InChI is InChI=1S/C34H22F2N2O4/c35-26-11-13-29(36)28(18-26)25-16-27-12-14-30(32(39)24-10-9-21-3-1-2-4-23(21)15-24)38(27)31(17-25)33(40)37-19-20-5-7-22(8-6-20)34(41)42/h1-18H,19H2,(H,37,40)(H,41,42). The summed E-state index contributed by atoms with van der Waals surface area (Å²) in [6.07, 6.45) is 0. The molecule has 0 spiro atoms. The minimum absolute atomic E-state index is 0.0283. The molecule has 2 aromatic heterocycles. The van der Waals surface area contributed by atoms with Gasteiger partial charge < -0.3 is 14.8 Å². The van der Waals surface area contributed by atoms with Gasteiger partial charge in [-0.3, -0.25) is 9.59 Å². The van der Waals surface area contributed by atoms with E-state index in [2.05, 4.69) is 5.32 Å². The number of benzene rings is 4.